The lowest BCUT2D eigenvalue weighted by atomic mass is 10.1. The molecule has 0 aliphatic heterocycles. The summed E-state index contributed by atoms with van der Waals surface area (Å²) in [6, 6.07) is 2.95. The second-order valence-corrected chi connectivity index (χ2v) is 4.58. The van der Waals surface area contributed by atoms with Gasteiger partial charge in [-0.2, -0.15) is 0 Å². The Morgan fingerprint density at radius 2 is 2.17 bits per heavy atom. The van der Waals surface area contributed by atoms with Gasteiger partial charge in [-0.3, -0.25) is 4.79 Å². The Morgan fingerprint density at radius 3 is 2.78 bits per heavy atom. The molecule has 5 heteroatoms. The Hall–Kier alpha value is -1.32. The molecule has 0 spiro atoms. The van der Waals surface area contributed by atoms with Crippen molar-refractivity contribution in [1.82, 2.24) is 0 Å². The average molecular weight is 287 g/mol. The lowest BCUT2D eigenvalue weighted by molar-refractivity contribution is 0.112. The number of allylic oxidation sites excluding steroid dienone is 3. The van der Waals surface area contributed by atoms with Gasteiger partial charge in [-0.25, -0.2) is 4.39 Å². The number of ether oxygens (including phenoxy) is 1. The van der Waals surface area contributed by atoms with Crippen molar-refractivity contribution in [3.63, 3.8) is 0 Å². The van der Waals surface area contributed by atoms with Crippen molar-refractivity contribution >= 4 is 29.5 Å². The van der Waals surface area contributed by atoms with Crippen LogP contribution in [0.4, 0.5) is 4.39 Å². The number of hydrogen-bond donors (Lipinski definition) is 0. The fraction of sp³-hybridized carbons (Fsp3) is 0.154. The van der Waals surface area contributed by atoms with E-state index in [-0.39, 0.29) is 22.8 Å². The van der Waals surface area contributed by atoms with Crippen LogP contribution >= 0.6 is 23.2 Å². The molecule has 0 radical (unpaired) electrons. The molecule has 1 aliphatic carbocycles. The summed E-state index contributed by atoms with van der Waals surface area (Å²) in [5.74, 6) is 0.723. The third-order valence-corrected chi connectivity index (χ3v) is 2.95. The number of alkyl halides is 1. The highest BCUT2D eigenvalue weighted by molar-refractivity contribution is 6.36. The lowest BCUT2D eigenvalue weighted by Crippen LogP contribution is -2.04. The summed E-state index contributed by atoms with van der Waals surface area (Å²) in [6.07, 6.45) is 4.36. The van der Waals surface area contributed by atoms with Crippen LogP contribution in [0.5, 0.6) is 5.75 Å². The van der Waals surface area contributed by atoms with Gasteiger partial charge in [-0.05, 0) is 24.3 Å². The quantitative estimate of drug-likeness (QED) is 0.772. The van der Waals surface area contributed by atoms with Crippen LogP contribution in [-0.4, -0.2) is 12.5 Å². The molecule has 0 bridgehead atoms. The molecule has 1 aromatic carbocycles. The lowest BCUT2D eigenvalue weighted by Gasteiger charge is -2.13. The summed E-state index contributed by atoms with van der Waals surface area (Å²) in [5.41, 5.74) is 0.220. The van der Waals surface area contributed by atoms with Crippen LogP contribution in [0.1, 0.15) is 16.8 Å². The third-order valence-electron chi connectivity index (χ3n) is 2.42. The Labute approximate surface area is 114 Å². The van der Waals surface area contributed by atoms with Crippen LogP contribution in [0.25, 0.3) is 0 Å². The molecule has 0 amide bonds. The van der Waals surface area contributed by atoms with E-state index in [0.29, 0.717) is 17.1 Å². The summed E-state index contributed by atoms with van der Waals surface area (Å²) in [7, 11) is 0. The standard InChI is InChI=1S/C13H9Cl2FO2/c14-8-5-12(15)11(7-17)13(6-8)18-10-3-1-9(16)2-4-10/h1,3-7,9H,2H2. The minimum atomic E-state index is -0.995. The van der Waals surface area contributed by atoms with Crippen molar-refractivity contribution in [2.45, 2.75) is 12.6 Å². The smallest absolute Gasteiger partial charge is 0.155 e. The molecular formula is C13H9Cl2FO2. The number of halogens is 3. The minimum Gasteiger partial charge on any atom is -0.457 e. The van der Waals surface area contributed by atoms with Crippen molar-refractivity contribution in [3.05, 3.63) is 51.7 Å². The van der Waals surface area contributed by atoms with Crippen molar-refractivity contribution in [3.8, 4) is 5.75 Å². The van der Waals surface area contributed by atoms with Crippen LogP contribution in [-0.2, 0) is 0 Å². The van der Waals surface area contributed by atoms with Gasteiger partial charge in [0, 0.05) is 17.5 Å². The Bertz CT molecular complexity index is 538. The van der Waals surface area contributed by atoms with E-state index in [9.17, 15) is 9.18 Å². The summed E-state index contributed by atoms with van der Waals surface area (Å²) >= 11 is 11.7. The average Bonchev–Trinajstić information content (AvgIpc) is 2.32. The molecular weight excluding hydrogens is 278 g/mol. The van der Waals surface area contributed by atoms with Crippen molar-refractivity contribution < 1.29 is 13.9 Å². The van der Waals surface area contributed by atoms with E-state index in [2.05, 4.69) is 0 Å². The number of carbonyl (C=O) groups is 1. The van der Waals surface area contributed by atoms with Crippen molar-refractivity contribution in [1.29, 1.82) is 0 Å². The molecule has 1 aromatic rings. The van der Waals surface area contributed by atoms with Gasteiger partial charge in [0.1, 0.15) is 17.7 Å². The first-order chi connectivity index (χ1) is 8.60. The monoisotopic (exact) mass is 286 g/mol. The van der Waals surface area contributed by atoms with E-state index in [1.807, 2.05) is 0 Å². The second kappa shape index (κ2) is 5.55. The highest BCUT2D eigenvalue weighted by Crippen LogP contribution is 2.31. The molecule has 2 rings (SSSR count). The van der Waals surface area contributed by atoms with E-state index in [0.717, 1.165) is 0 Å². The number of aldehydes is 1. The zero-order valence-electron chi connectivity index (χ0n) is 9.20. The molecule has 1 unspecified atom stereocenters. The van der Waals surface area contributed by atoms with Gasteiger partial charge >= 0.3 is 0 Å². The zero-order chi connectivity index (χ0) is 13.1. The largest absolute Gasteiger partial charge is 0.457 e. The fourth-order valence-electron chi connectivity index (χ4n) is 1.54. The van der Waals surface area contributed by atoms with Crippen LogP contribution in [0, 0.1) is 0 Å². The summed E-state index contributed by atoms with van der Waals surface area (Å²) < 4.78 is 18.4. The molecule has 94 valence electrons. The van der Waals surface area contributed by atoms with Crippen molar-refractivity contribution in [2.75, 3.05) is 0 Å². The zero-order valence-corrected chi connectivity index (χ0v) is 10.7. The molecule has 0 aromatic heterocycles. The second-order valence-electron chi connectivity index (χ2n) is 3.74. The molecule has 2 nitrogen and oxygen atoms in total. The highest BCUT2D eigenvalue weighted by atomic mass is 35.5. The first kappa shape index (κ1) is 13.1. The van der Waals surface area contributed by atoms with Gasteiger partial charge in [0.05, 0.1) is 10.6 Å². The molecule has 0 saturated heterocycles. The first-order valence-corrected chi connectivity index (χ1v) is 6.00. The molecule has 18 heavy (non-hydrogen) atoms. The Kier molecular flexibility index (Phi) is 4.04. The van der Waals surface area contributed by atoms with Gasteiger partial charge < -0.3 is 4.74 Å². The summed E-state index contributed by atoms with van der Waals surface area (Å²) in [5, 5.41) is 0.584. The molecule has 0 N–H and O–H groups in total. The van der Waals surface area contributed by atoms with Gasteiger partial charge in [0.25, 0.3) is 0 Å². The van der Waals surface area contributed by atoms with Gasteiger partial charge in [-0.15, -0.1) is 0 Å². The van der Waals surface area contributed by atoms with Crippen LogP contribution in [0.15, 0.2) is 36.1 Å². The maximum absolute atomic E-state index is 12.9. The molecule has 0 fully saturated rings. The number of carbonyl (C=O) groups excluding carboxylic acids is 1. The maximum Gasteiger partial charge on any atom is 0.155 e. The van der Waals surface area contributed by atoms with E-state index >= 15 is 0 Å². The fourth-order valence-corrected chi connectivity index (χ4v) is 2.06. The van der Waals surface area contributed by atoms with Gasteiger partial charge in [0.2, 0.25) is 0 Å². The van der Waals surface area contributed by atoms with E-state index in [1.165, 1.54) is 24.3 Å². The van der Waals surface area contributed by atoms with E-state index in [4.69, 9.17) is 27.9 Å². The van der Waals surface area contributed by atoms with Crippen LogP contribution in [0.2, 0.25) is 10.0 Å². The normalized spacial score (nSPS) is 18.4. The summed E-state index contributed by atoms with van der Waals surface area (Å²) in [4.78, 5) is 10.9. The number of hydrogen-bond acceptors (Lipinski definition) is 2. The maximum atomic E-state index is 12.9. The number of rotatable bonds is 3. The molecule has 1 aliphatic rings. The first-order valence-electron chi connectivity index (χ1n) is 5.24. The Balaban J connectivity index is 2.29. The molecule has 0 heterocycles. The SMILES string of the molecule is O=Cc1c(Cl)cc(Cl)cc1OC1=CCC(F)C=C1. The van der Waals surface area contributed by atoms with Crippen LogP contribution in [0.3, 0.4) is 0 Å². The third kappa shape index (κ3) is 2.92. The highest BCUT2D eigenvalue weighted by Gasteiger charge is 2.13. The van der Waals surface area contributed by atoms with Gasteiger partial charge in [0.15, 0.2) is 6.29 Å². The predicted octanol–water partition coefficient (Wildman–Crippen LogP) is 4.37. The number of benzene rings is 1. The predicted molar refractivity (Wildman–Crippen MR) is 69.2 cm³/mol. The molecule has 1 atom stereocenters. The summed E-state index contributed by atoms with van der Waals surface area (Å²) in [6.45, 7) is 0. The molecule has 0 saturated carbocycles. The van der Waals surface area contributed by atoms with Gasteiger partial charge in [-0.1, -0.05) is 23.2 Å². The Morgan fingerprint density at radius 1 is 1.39 bits per heavy atom. The van der Waals surface area contributed by atoms with Crippen molar-refractivity contribution in [2.24, 2.45) is 0 Å². The van der Waals surface area contributed by atoms with Crippen LogP contribution < -0.4 is 4.74 Å². The topological polar surface area (TPSA) is 26.3 Å². The van der Waals surface area contributed by atoms with E-state index < -0.39 is 6.17 Å². The van der Waals surface area contributed by atoms with E-state index in [1.54, 1.807) is 6.08 Å². The minimum absolute atomic E-state index is 0.219.